The summed E-state index contributed by atoms with van der Waals surface area (Å²) in [6.45, 7) is 2.74. The Labute approximate surface area is 399 Å². The van der Waals surface area contributed by atoms with Crippen LogP contribution in [0.5, 0.6) is 0 Å². The Morgan fingerprint density at radius 3 is 1.39 bits per heavy atom. The molecule has 0 aliphatic carbocycles. The zero-order valence-corrected chi connectivity index (χ0v) is 41.5. The Bertz CT molecular complexity index is 1160. The molecule has 2 aliphatic rings. The summed E-state index contributed by atoms with van der Waals surface area (Å²) in [7, 11) is 0. The molecule has 0 spiro atoms. The molecular weight excluding hydrogens is 847 g/mol. The van der Waals surface area contributed by atoms with Crippen LogP contribution in [0, 0.1) is 0 Å². The van der Waals surface area contributed by atoms with Crippen LogP contribution in [-0.4, -0.2) is 140 Å². The first-order chi connectivity index (χ1) is 32.1. The highest BCUT2D eigenvalue weighted by atomic mass is 16.7. The summed E-state index contributed by atoms with van der Waals surface area (Å²) in [6.07, 6.45) is 25.9. The first-order valence-corrected chi connectivity index (χ1v) is 26.9. The summed E-state index contributed by atoms with van der Waals surface area (Å²) in [5.41, 5.74) is 0. The maximum Gasteiger partial charge on any atom is 0.220 e. The lowest BCUT2D eigenvalue weighted by atomic mass is 9.97. The molecule has 0 radical (unpaired) electrons. The minimum atomic E-state index is -1.78. The number of allylic oxidation sites excluding steroid dienone is 1. The number of amides is 1. The van der Waals surface area contributed by atoms with E-state index in [1.165, 1.54) is 141 Å². The average Bonchev–Trinajstić information content (AvgIpc) is 3.31. The lowest BCUT2D eigenvalue weighted by Crippen LogP contribution is -2.65. The van der Waals surface area contributed by atoms with Gasteiger partial charge in [0.25, 0.3) is 0 Å². The fourth-order valence-corrected chi connectivity index (χ4v) is 9.06. The predicted molar refractivity (Wildman–Crippen MR) is 259 cm³/mol. The van der Waals surface area contributed by atoms with Crippen LogP contribution < -0.4 is 5.32 Å². The van der Waals surface area contributed by atoms with E-state index in [4.69, 9.17) is 18.9 Å². The maximum absolute atomic E-state index is 13.1. The van der Waals surface area contributed by atoms with E-state index in [1.54, 1.807) is 6.08 Å². The molecule has 9 N–H and O–H groups in total. The molecule has 2 rings (SSSR count). The van der Waals surface area contributed by atoms with Gasteiger partial charge < -0.3 is 65.1 Å². The third-order valence-corrected chi connectivity index (χ3v) is 13.5. The van der Waals surface area contributed by atoms with E-state index in [0.29, 0.717) is 6.42 Å². The van der Waals surface area contributed by atoms with Crippen molar-refractivity contribution in [3.63, 3.8) is 0 Å². The van der Waals surface area contributed by atoms with Crippen LogP contribution in [0.4, 0.5) is 0 Å². The molecule has 1 amide bonds. The third kappa shape index (κ3) is 26.1. The van der Waals surface area contributed by atoms with Gasteiger partial charge in [0.1, 0.15) is 48.8 Å². The minimum absolute atomic E-state index is 0.240. The van der Waals surface area contributed by atoms with Gasteiger partial charge in [-0.15, -0.1) is 0 Å². The molecule has 0 saturated carbocycles. The van der Waals surface area contributed by atoms with Gasteiger partial charge in [0.15, 0.2) is 12.6 Å². The van der Waals surface area contributed by atoms with Crippen molar-refractivity contribution in [2.24, 2.45) is 0 Å². The summed E-state index contributed by atoms with van der Waals surface area (Å²) in [4.78, 5) is 13.1. The van der Waals surface area contributed by atoms with Crippen molar-refractivity contribution in [1.82, 2.24) is 5.32 Å². The summed E-state index contributed by atoms with van der Waals surface area (Å²) >= 11 is 0. The zero-order valence-electron chi connectivity index (χ0n) is 41.5. The van der Waals surface area contributed by atoms with E-state index >= 15 is 0 Å². The quantitative estimate of drug-likeness (QED) is 0.0213. The molecule has 0 bridgehead atoms. The molecule has 14 heteroatoms. The van der Waals surface area contributed by atoms with Crippen LogP contribution in [0.2, 0.25) is 0 Å². The Balaban J connectivity index is 1.67. The molecule has 390 valence electrons. The molecule has 12 unspecified atom stereocenters. The van der Waals surface area contributed by atoms with E-state index in [-0.39, 0.29) is 18.9 Å². The lowest BCUT2D eigenvalue weighted by molar-refractivity contribution is -0.359. The molecule has 2 saturated heterocycles. The van der Waals surface area contributed by atoms with Crippen molar-refractivity contribution in [2.45, 2.75) is 293 Å². The molecule has 0 aromatic rings. The summed E-state index contributed by atoms with van der Waals surface area (Å²) in [5.74, 6) is -0.240. The monoisotopic (exact) mass is 946 g/mol. The average molecular weight is 946 g/mol. The molecule has 2 heterocycles. The van der Waals surface area contributed by atoms with E-state index in [0.717, 1.165) is 51.4 Å². The van der Waals surface area contributed by atoms with Crippen LogP contribution in [0.25, 0.3) is 0 Å². The number of aliphatic hydroxyl groups excluding tert-OH is 8. The number of carbonyl (C=O) groups is 1. The van der Waals surface area contributed by atoms with E-state index in [1.807, 2.05) is 6.08 Å². The number of rotatable bonds is 42. The van der Waals surface area contributed by atoms with Gasteiger partial charge in [0.2, 0.25) is 5.91 Å². The predicted octanol–water partition coefficient (Wildman–Crippen LogP) is 7.55. The first-order valence-electron chi connectivity index (χ1n) is 26.9. The third-order valence-electron chi connectivity index (χ3n) is 13.5. The summed E-state index contributed by atoms with van der Waals surface area (Å²) in [5, 5.41) is 86.4. The van der Waals surface area contributed by atoms with E-state index < -0.39 is 86.8 Å². The minimum Gasteiger partial charge on any atom is -0.394 e. The van der Waals surface area contributed by atoms with Gasteiger partial charge in [-0.05, 0) is 19.3 Å². The highest BCUT2D eigenvalue weighted by molar-refractivity contribution is 5.76. The van der Waals surface area contributed by atoms with Gasteiger partial charge in [-0.3, -0.25) is 4.79 Å². The molecule has 14 nitrogen and oxygen atoms in total. The molecule has 2 fully saturated rings. The summed E-state index contributed by atoms with van der Waals surface area (Å²) < 4.78 is 22.6. The molecular formula is C52H99NO13. The molecule has 2 aliphatic heterocycles. The van der Waals surface area contributed by atoms with Crippen molar-refractivity contribution in [2.75, 3.05) is 19.8 Å². The first kappa shape index (κ1) is 60.9. The zero-order chi connectivity index (χ0) is 48.2. The van der Waals surface area contributed by atoms with Crippen LogP contribution >= 0.6 is 0 Å². The van der Waals surface area contributed by atoms with Crippen molar-refractivity contribution in [3.8, 4) is 0 Å². The van der Waals surface area contributed by atoms with E-state index in [2.05, 4.69) is 19.2 Å². The Hall–Kier alpha value is -1.27. The van der Waals surface area contributed by atoms with Gasteiger partial charge in [0, 0.05) is 6.42 Å². The fourth-order valence-electron chi connectivity index (χ4n) is 9.06. The standard InChI is InChI=1S/C52H99NO13/c1-3-5-7-9-11-12-13-14-15-16-17-18-19-20-21-22-23-24-25-26-27-28-30-32-34-36-44(57)53-40(41(56)35-33-31-29-10-8-6-4-2)39-63-51-49(62)47(60)50(43(38-55)65-51)66-52-48(61)46(59)45(58)42(37-54)64-52/h33,35,40-43,45-52,54-56,58-62H,3-32,34,36-39H2,1-2H3,(H,53,57)/b35-33+. The van der Waals surface area contributed by atoms with Gasteiger partial charge in [-0.1, -0.05) is 206 Å². The van der Waals surface area contributed by atoms with Gasteiger partial charge >= 0.3 is 0 Å². The molecule has 0 aromatic carbocycles. The number of unbranched alkanes of at least 4 members (excludes halogenated alkanes) is 29. The number of ether oxygens (including phenoxy) is 4. The van der Waals surface area contributed by atoms with Crippen LogP contribution in [0.1, 0.15) is 219 Å². The number of hydrogen-bond acceptors (Lipinski definition) is 13. The van der Waals surface area contributed by atoms with Crippen LogP contribution in [0.3, 0.4) is 0 Å². The van der Waals surface area contributed by atoms with Gasteiger partial charge in [0.05, 0.1) is 32.0 Å². The smallest absolute Gasteiger partial charge is 0.220 e. The molecule has 66 heavy (non-hydrogen) atoms. The van der Waals surface area contributed by atoms with Crippen molar-refractivity contribution in [1.29, 1.82) is 0 Å². The Morgan fingerprint density at radius 2 is 0.939 bits per heavy atom. The molecule has 12 atom stereocenters. The number of aliphatic hydroxyl groups is 8. The second kappa shape index (κ2) is 39.5. The second-order valence-corrected chi connectivity index (χ2v) is 19.4. The van der Waals surface area contributed by atoms with Crippen molar-refractivity contribution in [3.05, 3.63) is 12.2 Å². The van der Waals surface area contributed by atoms with Crippen LogP contribution in [0.15, 0.2) is 12.2 Å². The highest BCUT2D eigenvalue weighted by Gasteiger charge is 2.51. The van der Waals surface area contributed by atoms with E-state index in [9.17, 15) is 45.6 Å². The van der Waals surface area contributed by atoms with Gasteiger partial charge in [-0.2, -0.15) is 0 Å². The van der Waals surface area contributed by atoms with Gasteiger partial charge in [-0.25, -0.2) is 0 Å². The van der Waals surface area contributed by atoms with Crippen LogP contribution in [-0.2, 0) is 23.7 Å². The lowest BCUT2D eigenvalue weighted by Gasteiger charge is -2.46. The number of hydrogen-bond donors (Lipinski definition) is 9. The van der Waals surface area contributed by atoms with Crippen molar-refractivity contribution >= 4 is 5.91 Å². The Morgan fingerprint density at radius 1 is 0.530 bits per heavy atom. The topological polar surface area (TPSA) is 228 Å². The number of carbonyl (C=O) groups excluding carboxylic acids is 1. The largest absolute Gasteiger partial charge is 0.394 e. The SMILES string of the molecule is CCCCCCC/C=C/C(O)C(COC1OC(CO)C(OC2OC(CO)C(O)C(O)C2O)C(O)C1O)NC(=O)CCCCCCCCCCCCCCCCCCCCCCCCCCC. The number of nitrogens with one attached hydrogen (secondary N) is 1. The van der Waals surface area contributed by atoms with Crippen molar-refractivity contribution < 1.29 is 64.6 Å². The normalized spacial score (nSPS) is 26.8. The summed E-state index contributed by atoms with van der Waals surface area (Å²) in [6, 6.07) is -0.906. The molecule has 0 aromatic heterocycles. The second-order valence-electron chi connectivity index (χ2n) is 19.4. The highest BCUT2D eigenvalue weighted by Crippen LogP contribution is 2.30. The maximum atomic E-state index is 13.1. The fraction of sp³-hybridized carbons (Fsp3) is 0.942. The Kier molecular flexibility index (Phi) is 36.4.